The fourth-order valence-corrected chi connectivity index (χ4v) is 3.66. The zero-order chi connectivity index (χ0) is 16.1. The molecule has 7 nitrogen and oxygen atoms in total. The molecule has 0 spiro atoms. The highest BCUT2D eigenvalue weighted by Crippen LogP contribution is 2.37. The van der Waals surface area contributed by atoms with Crippen molar-refractivity contribution in [2.24, 2.45) is 5.92 Å². The van der Waals surface area contributed by atoms with E-state index in [0.717, 1.165) is 35.3 Å². The molecular weight excluding hydrogens is 328 g/mol. The van der Waals surface area contributed by atoms with Crippen molar-refractivity contribution in [1.29, 1.82) is 0 Å². The van der Waals surface area contributed by atoms with Crippen molar-refractivity contribution < 1.29 is 22.8 Å². The minimum Gasteiger partial charge on any atom is -0.317 e. The van der Waals surface area contributed by atoms with Crippen LogP contribution in [-0.4, -0.2) is 49.6 Å². The number of carbonyl (C=O) groups excluding carboxylic acids is 3. The van der Waals surface area contributed by atoms with Crippen LogP contribution in [0.3, 0.4) is 0 Å². The van der Waals surface area contributed by atoms with Crippen LogP contribution in [0.2, 0.25) is 0 Å². The maximum atomic E-state index is 12.3. The highest BCUT2D eigenvalue weighted by Gasteiger charge is 2.40. The van der Waals surface area contributed by atoms with Crippen LogP contribution in [0.15, 0.2) is 5.38 Å². The molecule has 22 heavy (non-hydrogen) atoms. The van der Waals surface area contributed by atoms with E-state index in [1.807, 2.05) is 0 Å². The molecule has 1 saturated carbocycles. The van der Waals surface area contributed by atoms with Gasteiger partial charge in [0.25, 0.3) is 11.8 Å². The molecule has 1 aromatic heterocycles. The molecule has 9 heteroatoms. The molecule has 2 heterocycles. The summed E-state index contributed by atoms with van der Waals surface area (Å²) < 4.78 is 22.4. The molecule has 3 rings (SSSR count). The Kier molecular flexibility index (Phi) is 3.56. The summed E-state index contributed by atoms with van der Waals surface area (Å²) >= 11 is 1.14. The van der Waals surface area contributed by atoms with Crippen LogP contribution in [0.1, 0.15) is 33.6 Å². The largest absolute Gasteiger partial charge is 0.317 e. The molecule has 3 amide bonds. The normalized spacial score (nSPS) is 17.8. The molecule has 1 aliphatic carbocycles. The number of hydrogen-bond acceptors (Lipinski definition) is 6. The van der Waals surface area contributed by atoms with Crippen molar-refractivity contribution in [3.05, 3.63) is 16.5 Å². The second-order valence-electron chi connectivity index (χ2n) is 5.51. The van der Waals surface area contributed by atoms with Gasteiger partial charge in [-0.1, -0.05) is 0 Å². The minimum absolute atomic E-state index is 0.00806. The average Bonchev–Trinajstić information content (AvgIpc) is 3.14. The zero-order valence-corrected chi connectivity index (χ0v) is 13.4. The van der Waals surface area contributed by atoms with E-state index in [4.69, 9.17) is 0 Å². The van der Waals surface area contributed by atoms with Crippen molar-refractivity contribution in [2.45, 2.75) is 12.8 Å². The van der Waals surface area contributed by atoms with Gasteiger partial charge in [-0.05, 0) is 12.8 Å². The summed E-state index contributed by atoms with van der Waals surface area (Å²) in [5.74, 6) is -1.48. The Bertz CT molecular complexity index is 776. The van der Waals surface area contributed by atoms with Gasteiger partial charge in [-0.15, -0.1) is 11.3 Å². The van der Waals surface area contributed by atoms with Gasteiger partial charge in [-0.2, -0.15) is 0 Å². The monoisotopic (exact) mass is 342 g/mol. The predicted molar refractivity (Wildman–Crippen MR) is 80.8 cm³/mol. The first kappa shape index (κ1) is 15.2. The molecule has 118 valence electrons. The van der Waals surface area contributed by atoms with E-state index >= 15 is 0 Å². The predicted octanol–water partition coefficient (Wildman–Crippen LogP) is 0.737. The van der Waals surface area contributed by atoms with Crippen LogP contribution in [0.25, 0.3) is 0 Å². The van der Waals surface area contributed by atoms with Gasteiger partial charge in [0.05, 0.1) is 16.9 Å². The molecular formula is C13H14N2O5S2. The number of amides is 3. The van der Waals surface area contributed by atoms with Crippen molar-refractivity contribution in [1.82, 2.24) is 4.90 Å². The maximum absolute atomic E-state index is 12.3. The lowest BCUT2D eigenvalue weighted by Crippen LogP contribution is -2.34. The topological polar surface area (TPSA) is 101 Å². The summed E-state index contributed by atoms with van der Waals surface area (Å²) in [5, 5.41) is 4.58. The highest BCUT2D eigenvalue weighted by molar-refractivity contribution is 7.90. The lowest BCUT2D eigenvalue weighted by Gasteiger charge is -2.13. The number of carbonyl (C=O) groups is 3. The van der Waals surface area contributed by atoms with E-state index in [9.17, 15) is 22.8 Å². The standard InChI is InChI=1S/C13H14N2O5S2/c1-22(19,20)5-4-15-12(17)8-6-21-11(9(8)13(15)18)14-10(16)7-2-3-7/h6-7H,2-5H2,1H3,(H,14,16). The Hall–Kier alpha value is -1.74. The lowest BCUT2D eigenvalue weighted by molar-refractivity contribution is -0.117. The third-order valence-corrected chi connectivity index (χ3v) is 5.42. The number of imide groups is 1. The maximum Gasteiger partial charge on any atom is 0.264 e. The van der Waals surface area contributed by atoms with Gasteiger partial charge in [-0.3, -0.25) is 19.3 Å². The first-order valence-corrected chi connectivity index (χ1v) is 9.68. The van der Waals surface area contributed by atoms with Crippen LogP contribution in [0.4, 0.5) is 5.00 Å². The Morgan fingerprint density at radius 3 is 2.64 bits per heavy atom. The Morgan fingerprint density at radius 1 is 1.36 bits per heavy atom. The number of nitrogens with one attached hydrogen (secondary N) is 1. The summed E-state index contributed by atoms with van der Waals surface area (Å²) in [4.78, 5) is 37.2. The van der Waals surface area contributed by atoms with Crippen molar-refractivity contribution >= 4 is 43.9 Å². The number of hydrogen-bond donors (Lipinski definition) is 1. The van der Waals surface area contributed by atoms with E-state index in [1.165, 1.54) is 5.38 Å². The van der Waals surface area contributed by atoms with E-state index < -0.39 is 21.7 Å². The van der Waals surface area contributed by atoms with Gasteiger partial charge in [0.1, 0.15) is 14.8 Å². The van der Waals surface area contributed by atoms with E-state index in [0.29, 0.717) is 5.00 Å². The van der Waals surface area contributed by atoms with Gasteiger partial charge < -0.3 is 5.32 Å². The number of fused-ring (bicyclic) bond motifs is 1. The third-order valence-electron chi connectivity index (χ3n) is 3.60. The number of thiophene rings is 1. The SMILES string of the molecule is CS(=O)(=O)CCN1C(=O)c2csc(NC(=O)C3CC3)c2C1=O. The van der Waals surface area contributed by atoms with Crippen molar-refractivity contribution in [3.8, 4) is 0 Å². The van der Waals surface area contributed by atoms with Crippen LogP contribution in [0.5, 0.6) is 0 Å². The summed E-state index contributed by atoms with van der Waals surface area (Å²) in [6, 6.07) is 0. The molecule has 0 radical (unpaired) electrons. The summed E-state index contributed by atoms with van der Waals surface area (Å²) in [5.41, 5.74) is 0.409. The molecule has 2 aliphatic rings. The fourth-order valence-electron chi connectivity index (χ4n) is 2.21. The molecule has 0 atom stereocenters. The summed E-state index contributed by atoms with van der Waals surface area (Å²) in [6.45, 7) is -0.175. The average molecular weight is 342 g/mol. The molecule has 1 aromatic rings. The van der Waals surface area contributed by atoms with E-state index in [-0.39, 0.29) is 35.2 Å². The van der Waals surface area contributed by atoms with Gasteiger partial charge in [0.15, 0.2) is 0 Å². The van der Waals surface area contributed by atoms with E-state index in [2.05, 4.69) is 5.32 Å². The number of rotatable bonds is 5. The Morgan fingerprint density at radius 2 is 2.05 bits per heavy atom. The van der Waals surface area contributed by atoms with Crippen LogP contribution >= 0.6 is 11.3 Å². The van der Waals surface area contributed by atoms with E-state index in [1.54, 1.807) is 0 Å². The number of sulfone groups is 1. The van der Waals surface area contributed by atoms with Gasteiger partial charge in [0.2, 0.25) is 5.91 Å². The summed E-state index contributed by atoms with van der Waals surface area (Å²) in [7, 11) is -3.27. The zero-order valence-electron chi connectivity index (χ0n) is 11.8. The molecule has 1 fully saturated rings. The quantitative estimate of drug-likeness (QED) is 0.795. The van der Waals surface area contributed by atoms with Crippen LogP contribution in [-0.2, 0) is 14.6 Å². The third kappa shape index (κ3) is 2.78. The molecule has 0 saturated heterocycles. The van der Waals surface area contributed by atoms with Crippen molar-refractivity contribution in [2.75, 3.05) is 23.9 Å². The minimum atomic E-state index is -3.27. The molecule has 1 aliphatic heterocycles. The Balaban J connectivity index is 1.80. The molecule has 0 aromatic carbocycles. The smallest absolute Gasteiger partial charge is 0.264 e. The fraction of sp³-hybridized carbons (Fsp3) is 0.462. The van der Waals surface area contributed by atoms with Gasteiger partial charge in [0, 0.05) is 24.1 Å². The van der Waals surface area contributed by atoms with Crippen LogP contribution < -0.4 is 5.32 Å². The Labute approximate surface area is 131 Å². The number of nitrogens with zero attached hydrogens (tertiary/aromatic N) is 1. The van der Waals surface area contributed by atoms with Gasteiger partial charge >= 0.3 is 0 Å². The van der Waals surface area contributed by atoms with Crippen molar-refractivity contribution in [3.63, 3.8) is 0 Å². The first-order valence-electron chi connectivity index (χ1n) is 6.74. The number of anilines is 1. The van der Waals surface area contributed by atoms with Gasteiger partial charge in [-0.25, -0.2) is 8.42 Å². The molecule has 1 N–H and O–H groups in total. The van der Waals surface area contributed by atoms with Crippen LogP contribution in [0, 0.1) is 5.92 Å². The molecule has 0 unspecified atom stereocenters. The molecule has 0 bridgehead atoms. The second-order valence-corrected chi connectivity index (χ2v) is 8.65. The second kappa shape index (κ2) is 5.17. The summed E-state index contributed by atoms with van der Waals surface area (Å²) in [6.07, 6.45) is 2.73. The lowest BCUT2D eigenvalue weighted by atomic mass is 10.2. The first-order chi connectivity index (χ1) is 10.3. The highest BCUT2D eigenvalue weighted by atomic mass is 32.2.